The van der Waals surface area contributed by atoms with Gasteiger partial charge in [-0.05, 0) is 31.5 Å². The van der Waals surface area contributed by atoms with E-state index in [0.717, 1.165) is 23.2 Å². The van der Waals surface area contributed by atoms with Gasteiger partial charge in [0, 0.05) is 26.1 Å². The third kappa shape index (κ3) is 3.49. The van der Waals surface area contributed by atoms with Gasteiger partial charge in [-0.3, -0.25) is 4.68 Å². The van der Waals surface area contributed by atoms with Gasteiger partial charge in [-0.25, -0.2) is 4.79 Å². The van der Waals surface area contributed by atoms with Crippen LogP contribution < -0.4 is 0 Å². The monoisotopic (exact) mass is 288 g/mol. The zero-order valence-electron chi connectivity index (χ0n) is 12.8. The molecule has 1 aromatic heterocycles. The Morgan fingerprint density at radius 3 is 2.67 bits per heavy atom. The minimum absolute atomic E-state index is 0.0510. The van der Waals surface area contributed by atoms with E-state index in [1.807, 2.05) is 38.1 Å². The fraction of sp³-hybridized carbons (Fsp3) is 0.375. The van der Waals surface area contributed by atoms with E-state index in [1.54, 1.807) is 24.9 Å². The number of carboxylic acid groups (broad SMARTS) is 1. The lowest BCUT2D eigenvalue weighted by molar-refractivity contribution is 0.0232. The number of nitrogens with zero attached hydrogens (tertiary/aromatic N) is 2. The molecule has 0 aliphatic heterocycles. The second-order valence-corrected chi connectivity index (χ2v) is 5.68. The summed E-state index contributed by atoms with van der Waals surface area (Å²) in [6.07, 6.45) is 0.779. The lowest BCUT2D eigenvalue weighted by atomic mass is 9.96. The van der Waals surface area contributed by atoms with Crippen LogP contribution in [0.1, 0.15) is 29.9 Å². The van der Waals surface area contributed by atoms with E-state index < -0.39 is 5.97 Å². The molecule has 0 radical (unpaired) electrons. The number of aryl methyl sites for hydroxylation is 1. The number of carboxylic acids is 1. The molecule has 0 spiro atoms. The number of methoxy groups -OCH3 is 1. The average Bonchev–Trinajstić information content (AvgIpc) is 2.81. The predicted octanol–water partition coefficient (Wildman–Crippen LogP) is 2.75. The predicted molar refractivity (Wildman–Crippen MR) is 80.4 cm³/mol. The molecule has 0 saturated carbocycles. The first kappa shape index (κ1) is 15.3. The van der Waals surface area contributed by atoms with Crippen LogP contribution in [0.4, 0.5) is 0 Å². The summed E-state index contributed by atoms with van der Waals surface area (Å²) in [5.41, 5.74) is 2.68. The molecule has 5 heteroatoms. The second kappa shape index (κ2) is 5.69. The molecule has 0 aliphatic rings. The van der Waals surface area contributed by atoms with E-state index in [1.165, 1.54) is 0 Å². The number of carbonyl (C=O) groups is 1. The third-order valence-corrected chi connectivity index (χ3v) is 3.50. The number of rotatable bonds is 5. The number of aromatic carboxylic acids is 1. The normalized spacial score (nSPS) is 11.6. The SMILES string of the molecule is COC(C)(C)Cc1cccc(-c2cc(C(=O)O)nn2C)c1. The molecule has 1 N–H and O–H groups in total. The highest BCUT2D eigenvalue weighted by molar-refractivity contribution is 5.87. The third-order valence-electron chi connectivity index (χ3n) is 3.50. The Morgan fingerprint density at radius 2 is 2.10 bits per heavy atom. The maximum absolute atomic E-state index is 11.0. The lowest BCUT2D eigenvalue weighted by Crippen LogP contribution is -2.25. The van der Waals surface area contributed by atoms with E-state index >= 15 is 0 Å². The van der Waals surface area contributed by atoms with E-state index in [0.29, 0.717) is 0 Å². The van der Waals surface area contributed by atoms with Crippen LogP contribution in [-0.4, -0.2) is 33.6 Å². The van der Waals surface area contributed by atoms with Gasteiger partial charge < -0.3 is 9.84 Å². The Labute approximate surface area is 124 Å². The molecular weight excluding hydrogens is 268 g/mol. The summed E-state index contributed by atoms with van der Waals surface area (Å²) in [7, 11) is 3.44. The van der Waals surface area contributed by atoms with Gasteiger partial charge in [0.25, 0.3) is 0 Å². The number of hydrogen-bond donors (Lipinski definition) is 1. The molecule has 5 nitrogen and oxygen atoms in total. The molecule has 21 heavy (non-hydrogen) atoms. The quantitative estimate of drug-likeness (QED) is 0.918. The van der Waals surface area contributed by atoms with E-state index in [9.17, 15) is 4.79 Å². The minimum atomic E-state index is -1.02. The molecule has 0 amide bonds. The van der Waals surface area contributed by atoms with Crippen LogP contribution in [-0.2, 0) is 18.2 Å². The summed E-state index contributed by atoms with van der Waals surface area (Å²) in [4.78, 5) is 11.0. The number of ether oxygens (including phenoxy) is 1. The van der Waals surface area contributed by atoms with Gasteiger partial charge in [-0.15, -0.1) is 0 Å². The van der Waals surface area contributed by atoms with Gasteiger partial charge >= 0.3 is 5.97 Å². The Bertz CT molecular complexity index is 659. The minimum Gasteiger partial charge on any atom is -0.476 e. The molecule has 2 rings (SSSR count). The Kier molecular flexibility index (Phi) is 4.14. The molecule has 1 heterocycles. The van der Waals surface area contributed by atoms with Crippen molar-refractivity contribution in [3.05, 3.63) is 41.6 Å². The average molecular weight is 288 g/mol. The van der Waals surface area contributed by atoms with Crippen molar-refractivity contribution in [2.45, 2.75) is 25.9 Å². The maximum atomic E-state index is 11.0. The lowest BCUT2D eigenvalue weighted by Gasteiger charge is -2.23. The van der Waals surface area contributed by atoms with Crippen molar-refractivity contribution in [3.8, 4) is 11.3 Å². The molecular formula is C16H20N2O3. The topological polar surface area (TPSA) is 64.3 Å². The van der Waals surface area contributed by atoms with Crippen molar-refractivity contribution >= 4 is 5.97 Å². The van der Waals surface area contributed by atoms with Crippen molar-refractivity contribution in [1.82, 2.24) is 9.78 Å². The van der Waals surface area contributed by atoms with Gasteiger partial charge in [-0.1, -0.05) is 18.2 Å². The van der Waals surface area contributed by atoms with Crippen LogP contribution in [0.5, 0.6) is 0 Å². The Morgan fingerprint density at radius 1 is 1.38 bits per heavy atom. The Hall–Kier alpha value is -2.14. The number of hydrogen-bond acceptors (Lipinski definition) is 3. The number of benzene rings is 1. The van der Waals surface area contributed by atoms with Crippen LogP contribution in [0.15, 0.2) is 30.3 Å². The maximum Gasteiger partial charge on any atom is 0.356 e. The summed E-state index contributed by atoms with van der Waals surface area (Å²) >= 11 is 0. The van der Waals surface area contributed by atoms with Crippen molar-refractivity contribution in [3.63, 3.8) is 0 Å². The first-order chi connectivity index (χ1) is 9.82. The van der Waals surface area contributed by atoms with Crippen molar-refractivity contribution in [1.29, 1.82) is 0 Å². The van der Waals surface area contributed by atoms with Gasteiger partial charge in [0.1, 0.15) is 0 Å². The van der Waals surface area contributed by atoms with Crippen molar-refractivity contribution < 1.29 is 14.6 Å². The zero-order valence-corrected chi connectivity index (χ0v) is 12.8. The van der Waals surface area contributed by atoms with Gasteiger partial charge in [0.15, 0.2) is 5.69 Å². The molecule has 0 fully saturated rings. The van der Waals surface area contributed by atoms with Crippen LogP contribution >= 0.6 is 0 Å². The summed E-state index contributed by atoms with van der Waals surface area (Å²) in [5.74, 6) is -1.02. The molecule has 0 bridgehead atoms. The van der Waals surface area contributed by atoms with Gasteiger partial charge in [-0.2, -0.15) is 5.10 Å². The standard InChI is InChI=1S/C16H20N2O3/c1-16(2,21-4)10-11-6-5-7-12(8-11)14-9-13(15(19)20)17-18(14)3/h5-9H,10H2,1-4H3,(H,19,20). The summed E-state index contributed by atoms with van der Waals surface area (Å²) in [5, 5.41) is 13.0. The highest BCUT2D eigenvalue weighted by Crippen LogP contribution is 2.24. The van der Waals surface area contributed by atoms with Crippen LogP contribution in [0, 0.1) is 0 Å². The molecule has 1 aromatic carbocycles. The first-order valence-electron chi connectivity index (χ1n) is 6.74. The van der Waals surface area contributed by atoms with Gasteiger partial charge in [0.05, 0.1) is 11.3 Å². The molecule has 2 aromatic rings. The zero-order chi connectivity index (χ0) is 15.6. The fourth-order valence-corrected chi connectivity index (χ4v) is 2.25. The van der Waals surface area contributed by atoms with E-state index in [4.69, 9.17) is 9.84 Å². The molecule has 0 saturated heterocycles. The summed E-state index contributed by atoms with van der Waals surface area (Å²) in [6.45, 7) is 4.07. The van der Waals surface area contributed by atoms with Crippen LogP contribution in [0.2, 0.25) is 0 Å². The Balaban J connectivity index is 2.35. The van der Waals surface area contributed by atoms with Crippen LogP contribution in [0.25, 0.3) is 11.3 Å². The number of aromatic nitrogens is 2. The molecule has 0 unspecified atom stereocenters. The molecule has 0 atom stereocenters. The van der Waals surface area contributed by atoms with Gasteiger partial charge in [0.2, 0.25) is 0 Å². The summed E-state index contributed by atoms with van der Waals surface area (Å²) in [6, 6.07) is 9.58. The molecule has 112 valence electrons. The largest absolute Gasteiger partial charge is 0.476 e. The second-order valence-electron chi connectivity index (χ2n) is 5.68. The first-order valence-corrected chi connectivity index (χ1v) is 6.74. The fourth-order valence-electron chi connectivity index (χ4n) is 2.25. The molecule has 0 aliphatic carbocycles. The van der Waals surface area contributed by atoms with E-state index in [-0.39, 0.29) is 11.3 Å². The smallest absolute Gasteiger partial charge is 0.356 e. The highest BCUT2D eigenvalue weighted by Gasteiger charge is 2.18. The highest BCUT2D eigenvalue weighted by atomic mass is 16.5. The van der Waals surface area contributed by atoms with Crippen molar-refractivity contribution in [2.24, 2.45) is 7.05 Å². The van der Waals surface area contributed by atoms with E-state index in [2.05, 4.69) is 5.10 Å². The van der Waals surface area contributed by atoms with Crippen molar-refractivity contribution in [2.75, 3.05) is 7.11 Å². The summed E-state index contributed by atoms with van der Waals surface area (Å²) < 4.78 is 7.04. The van der Waals surface area contributed by atoms with Crippen LogP contribution in [0.3, 0.4) is 0 Å².